The van der Waals surface area contributed by atoms with Crippen molar-refractivity contribution >= 4 is 5.96 Å². The molecule has 0 amide bonds. The molecule has 0 spiro atoms. The van der Waals surface area contributed by atoms with E-state index >= 15 is 0 Å². The molecule has 0 bridgehead atoms. The third-order valence-corrected chi connectivity index (χ3v) is 5.70. The van der Waals surface area contributed by atoms with Crippen LogP contribution in [0.25, 0.3) is 0 Å². The smallest absolute Gasteiger partial charge is 0.191 e. The Balaban J connectivity index is 1.34. The van der Waals surface area contributed by atoms with Crippen LogP contribution < -0.4 is 20.1 Å². The van der Waals surface area contributed by atoms with Crippen molar-refractivity contribution in [2.24, 2.45) is 10.9 Å². The number of rotatable bonds is 10. The third-order valence-electron chi connectivity index (χ3n) is 5.70. The van der Waals surface area contributed by atoms with Gasteiger partial charge >= 0.3 is 0 Å². The Morgan fingerprint density at radius 3 is 2.80 bits per heavy atom. The maximum atomic E-state index is 5.80. The van der Waals surface area contributed by atoms with Gasteiger partial charge in [0.15, 0.2) is 5.96 Å². The van der Waals surface area contributed by atoms with E-state index in [1.165, 1.54) is 13.0 Å². The van der Waals surface area contributed by atoms with E-state index in [9.17, 15) is 0 Å². The molecule has 2 saturated heterocycles. The lowest BCUT2D eigenvalue weighted by molar-refractivity contribution is 0.150. The van der Waals surface area contributed by atoms with Gasteiger partial charge in [-0.3, -0.25) is 4.99 Å². The first-order valence-electron chi connectivity index (χ1n) is 11.4. The van der Waals surface area contributed by atoms with Crippen LogP contribution in [-0.2, 0) is 4.74 Å². The average Bonchev–Trinajstić information content (AvgIpc) is 3.28. The summed E-state index contributed by atoms with van der Waals surface area (Å²) in [5.41, 5.74) is 0. The number of hydrogen-bond donors (Lipinski definition) is 2. The van der Waals surface area contributed by atoms with E-state index in [-0.39, 0.29) is 0 Å². The standard InChI is InChI=1S/C23H38N4O3/c1-3-24-23(25-11-5-14-30-22-7-4-6-21(16-22)28-2)26-20-8-12-27(13-9-20)17-19-10-15-29-18-19/h4,6-7,16,19-20H,3,5,8-15,17-18H2,1-2H3,(H2,24,25,26). The number of likely N-dealkylation sites (tertiary alicyclic amines) is 1. The van der Waals surface area contributed by atoms with E-state index in [0.29, 0.717) is 12.6 Å². The Morgan fingerprint density at radius 1 is 1.23 bits per heavy atom. The summed E-state index contributed by atoms with van der Waals surface area (Å²) in [5, 5.41) is 7.00. The van der Waals surface area contributed by atoms with Gasteiger partial charge in [-0.25, -0.2) is 0 Å². The van der Waals surface area contributed by atoms with Crippen LogP contribution in [0.4, 0.5) is 0 Å². The highest BCUT2D eigenvalue weighted by atomic mass is 16.5. The Bertz CT molecular complexity index is 641. The van der Waals surface area contributed by atoms with Crippen molar-refractivity contribution in [1.29, 1.82) is 0 Å². The van der Waals surface area contributed by atoms with Crippen molar-refractivity contribution in [2.75, 3.05) is 59.7 Å². The fourth-order valence-electron chi connectivity index (χ4n) is 4.00. The van der Waals surface area contributed by atoms with E-state index < -0.39 is 0 Å². The van der Waals surface area contributed by atoms with Gasteiger partial charge < -0.3 is 29.7 Å². The molecule has 1 aromatic carbocycles. The average molecular weight is 419 g/mol. The van der Waals surface area contributed by atoms with Gasteiger partial charge in [-0.1, -0.05) is 6.07 Å². The number of piperidine rings is 1. The summed E-state index contributed by atoms with van der Waals surface area (Å²) in [6.07, 6.45) is 4.42. The molecule has 0 saturated carbocycles. The van der Waals surface area contributed by atoms with E-state index in [0.717, 1.165) is 82.0 Å². The van der Waals surface area contributed by atoms with Crippen molar-refractivity contribution < 1.29 is 14.2 Å². The molecule has 1 atom stereocenters. The number of benzene rings is 1. The molecule has 0 aliphatic carbocycles. The number of guanidine groups is 1. The molecule has 7 nitrogen and oxygen atoms in total. The van der Waals surface area contributed by atoms with Crippen LogP contribution in [0.1, 0.15) is 32.6 Å². The van der Waals surface area contributed by atoms with Crippen LogP contribution in [0.2, 0.25) is 0 Å². The molecule has 1 aromatic rings. The topological polar surface area (TPSA) is 67.4 Å². The molecule has 168 valence electrons. The lowest BCUT2D eigenvalue weighted by Crippen LogP contribution is -2.49. The van der Waals surface area contributed by atoms with Crippen molar-refractivity contribution in [3.8, 4) is 11.5 Å². The van der Waals surface area contributed by atoms with Crippen LogP contribution >= 0.6 is 0 Å². The SMILES string of the molecule is CCNC(=NCCCOc1cccc(OC)c1)NC1CCN(CC2CCOC2)CC1. The summed E-state index contributed by atoms with van der Waals surface area (Å²) in [6, 6.07) is 8.20. The predicted octanol–water partition coefficient (Wildman–Crippen LogP) is 2.52. The number of nitrogens with zero attached hydrogens (tertiary/aromatic N) is 2. The van der Waals surface area contributed by atoms with Crippen molar-refractivity contribution in [3.05, 3.63) is 24.3 Å². The van der Waals surface area contributed by atoms with E-state index in [1.54, 1.807) is 7.11 Å². The zero-order valence-corrected chi connectivity index (χ0v) is 18.6. The number of nitrogens with one attached hydrogen (secondary N) is 2. The van der Waals surface area contributed by atoms with Gasteiger partial charge in [0.25, 0.3) is 0 Å². The van der Waals surface area contributed by atoms with Crippen molar-refractivity contribution in [2.45, 2.75) is 38.6 Å². The molecule has 2 fully saturated rings. The molecule has 7 heteroatoms. The maximum absolute atomic E-state index is 5.80. The lowest BCUT2D eigenvalue weighted by Gasteiger charge is -2.34. The minimum absolute atomic E-state index is 0.493. The molecule has 2 N–H and O–H groups in total. The lowest BCUT2D eigenvalue weighted by atomic mass is 10.0. The van der Waals surface area contributed by atoms with E-state index in [4.69, 9.17) is 19.2 Å². The van der Waals surface area contributed by atoms with Crippen LogP contribution in [0.5, 0.6) is 11.5 Å². The monoisotopic (exact) mass is 418 g/mol. The maximum Gasteiger partial charge on any atom is 0.191 e. The minimum atomic E-state index is 0.493. The summed E-state index contributed by atoms with van der Waals surface area (Å²) in [5.74, 6) is 3.29. The largest absolute Gasteiger partial charge is 0.497 e. The van der Waals surface area contributed by atoms with Gasteiger partial charge in [-0.05, 0) is 44.2 Å². The highest BCUT2D eigenvalue weighted by Crippen LogP contribution is 2.19. The Kier molecular flexibility index (Phi) is 9.57. The summed E-state index contributed by atoms with van der Waals surface area (Å²) < 4.78 is 16.5. The Hall–Kier alpha value is -1.99. The first-order valence-corrected chi connectivity index (χ1v) is 11.4. The molecule has 2 heterocycles. The minimum Gasteiger partial charge on any atom is -0.497 e. The van der Waals surface area contributed by atoms with Gasteiger partial charge in [-0.15, -0.1) is 0 Å². The van der Waals surface area contributed by atoms with Crippen LogP contribution in [0.3, 0.4) is 0 Å². The second-order valence-electron chi connectivity index (χ2n) is 8.09. The summed E-state index contributed by atoms with van der Waals surface area (Å²) in [7, 11) is 1.66. The molecular weight excluding hydrogens is 380 g/mol. The van der Waals surface area contributed by atoms with E-state index in [2.05, 4.69) is 22.5 Å². The van der Waals surface area contributed by atoms with Crippen molar-refractivity contribution in [1.82, 2.24) is 15.5 Å². The predicted molar refractivity (Wildman–Crippen MR) is 121 cm³/mol. The van der Waals surface area contributed by atoms with Gasteiger partial charge in [0.1, 0.15) is 11.5 Å². The number of hydrogen-bond acceptors (Lipinski definition) is 5. The second kappa shape index (κ2) is 12.6. The van der Waals surface area contributed by atoms with Gasteiger partial charge in [0.2, 0.25) is 0 Å². The highest BCUT2D eigenvalue weighted by molar-refractivity contribution is 5.80. The van der Waals surface area contributed by atoms with Gasteiger partial charge in [0, 0.05) is 57.9 Å². The van der Waals surface area contributed by atoms with Crippen LogP contribution in [0, 0.1) is 5.92 Å². The summed E-state index contributed by atoms with van der Waals surface area (Å²) in [4.78, 5) is 7.33. The summed E-state index contributed by atoms with van der Waals surface area (Å²) >= 11 is 0. The number of ether oxygens (including phenoxy) is 3. The molecule has 30 heavy (non-hydrogen) atoms. The van der Waals surface area contributed by atoms with Gasteiger partial charge in [0.05, 0.1) is 20.3 Å². The first-order chi connectivity index (χ1) is 14.8. The normalized spacial score (nSPS) is 20.9. The van der Waals surface area contributed by atoms with Gasteiger partial charge in [-0.2, -0.15) is 0 Å². The van der Waals surface area contributed by atoms with Crippen molar-refractivity contribution in [3.63, 3.8) is 0 Å². The Labute approximate surface area is 181 Å². The number of methoxy groups -OCH3 is 1. The molecule has 1 unspecified atom stereocenters. The van der Waals surface area contributed by atoms with Crippen LogP contribution in [0.15, 0.2) is 29.3 Å². The Morgan fingerprint density at radius 2 is 2.07 bits per heavy atom. The first kappa shape index (κ1) is 22.7. The number of aliphatic imine (C=N–C) groups is 1. The van der Waals surface area contributed by atoms with E-state index in [1.807, 2.05) is 24.3 Å². The zero-order chi connectivity index (χ0) is 21.0. The quantitative estimate of drug-likeness (QED) is 0.346. The molecule has 0 aromatic heterocycles. The zero-order valence-electron chi connectivity index (χ0n) is 18.6. The molecule has 0 radical (unpaired) electrons. The highest BCUT2D eigenvalue weighted by Gasteiger charge is 2.24. The fourth-order valence-corrected chi connectivity index (χ4v) is 4.00. The molecular formula is C23H38N4O3. The second-order valence-corrected chi connectivity index (χ2v) is 8.09. The molecule has 3 rings (SSSR count). The fraction of sp³-hybridized carbons (Fsp3) is 0.696. The van der Waals surface area contributed by atoms with Crippen LogP contribution in [-0.4, -0.2) is 76.6 Å². The summed E-state index contributed by atoms with van der Waals surface area (Å²) in [6.45, 7) is 9.73. The third kappa shape index (κ3) is 7.69. The molecule has 2 aliphatic heterocycles. The molecule has 2 aliphatic rings.